The van der Waals surface area contributed by atoms with Gasteiger partial charge in [0.1, 0.15) is 11.3 Å². The summed E-state index contributed by atoms with van der Waals surface area (Å²) in [5, 5.41) is 30.4. The van der Waals surface area contributed by atoms with Crippen LogP contribution in [0.2, 0.25) is 0 Å². The van der Waals surface area contributed by atoms with Crippen molar-refractivity contribution in [3.05, 3.63) is 23.5 Å². The normalized spacial score (nSPS) is 26.0. The first-order chi connectivity index (χ1) is 13.4. The van der Waals surface area contributed by atoms with Crippen LogP contribution in [-0.4, -0.2) is 55.3 Å². The number of carbonyl (C=O) groups excluding carboxylic acids is 1. The summed E-state index contributed by atoms with van der Waals surface area (Å²) in [7, 11) is 0. The Bertz CT molecular complexity index is 784. The highest BCUT2D eigenvalue weighted by Crippen LogP contribution is 2.32. The lowest BCUT2D eigenvalue weighted by atomic mass is 9.87. The molecule has 0 fully saturated rings. The van der Waals surface area contributed by atoms with Crippen LogP contribution in [0.5, 0.6) is 0 Å². The van der Waals surface area contributed by atoms with Crippen molar-refractivity contribution in [1.82, 2.24) is 20.3 Å². The van der Waals surface area contributed by atoms with Crippen molar-refractivity contribution in [1.29, 1.82) is 0 Å². The first-order valence-electron chi connectivity index (χ1n) is 9.95. The monoisotopic (exact) mass is 395 g/mol. The zero-order valence-electron chi connectivity index (χ0n) is 18.0. The fourth-order valence-electron chi connectivity index (χ4n) is 3.12. The smallest absolute Gasteiger partial charge is 0.331 e. The number of aromatic nitrogens is 3. The molecule has 0 unspecified atom stereocenters. The zero-order valence-corrected chi connectivity index (χ0v) is 17.0. The summed E-state index contributed by atoms with van der Waals surface area (Å²) in [6.45, 7) is 8.30. The molecule has 1 heterocycles. The van der Waals surface area contributed by atoms with Crippen LogP contribution in [0.3, 0.4) is 0 Å². The van der Waals surface area contributed by atoms with E-state index in [2.05, 4.69) is 15.6 Å². The minimum absolute atomic E-state index is 0.00198. The highest BCUT2D eigenvalue weighted by Gasteiger charge is 2.39. The molecule has 1 amide bonds. The van der Waals surface area contributed by atoms with Gasteiger partial charge in [0, 0.05) is 18.9 Å². The van der Waals surface area contributed by atoms with Crippen LogP contribution < -0.4 is 5.32 Å². The Hall–Kier alpha value is -2.26. The number of nitrogens with zero attached hydrogens (tertiary/aromatic N) is 3. The molecule has 156 valence electrons. The molecule has 0 aliphatic heterocycles. The van der Waals surface area contributed by atoms with E-state index in [1.807, 2.05) is 13.8 Å². The lowest BCUT2D eigenvalue weighted by molar-refractivity contribution is -0.134. The number of carboxylic acids is 1. The Labute approximate surface area is 166 Å². The third kappa shape index (κ3) is 5.17. The summed E-state index contributed by atoms with van der Waals surface area (Å²) in [6.07, 6.45) is 3.22. The largest absolute Gasteiger partial charge is 0.478 e. The summed E-state index contributed by atoms with van der Waals surface area (Å²) < 4.78 is 16.4. The number of carbonyl (C=O) groups is 2. The lowest BCUT2D eigenvalue weighted by Crippen LogP contribution is -2.52. The van der Waals surface area contributed by atoms with Gasteiger partial charge in [-0.2, -0.15) is 0 Å². The Morgan fingerprint density at radius 3 is 2.57 bits per heavy atom. The molecular formula is C19H30N4O5. The molecule has 3 N–H and O–H groups in total. The van der Waals surface area contributed by atoms with Gasteiger partial charge in [-0.25, -0.2) is 9.48 Å². The van der Waals surface area contributed by atoms with Crippen LogP contribution in [0.15, 0.2) is 17.8 Å². The summed E-state index contributed by atoms with van der Waals surface area (Å²) in [4.78, 5) is 23.7. The molecule has 28 heavy (non-hydrogen) atoms. The number of aliphatic hydroxyl groups is 1. The third-order valence-corrected chi connectivity index (χ3v) is 4.73. The van der Waals surface area contributed by atoms with Gasteiger partial charge in [0.15, 0.2) is 0 Å². The number of hydrogen-bond donors (Lipinski definition) is 3. The predicted molar refractivity (Wildman–Crippen MR) is 101 cm³/mol. The number of carboxylic acid groups (broad SMARTS) is 1. The molecule has 0 saturated carbocycles. The number of rotatable bonds is 8. The molecule has 0 aromatic carbocycles. The van der Waals surface area contributed by atoms with Gasteiger partial charge in [-0.1, -0.05) is 19.1 Å². The van der Waals surface area contributed by atoms with E-state index in [1.165, 1.54) is 33.0 Å². The summed E-state index contributed by atoms with van der Waals surface area (Å²) in [5.41, 5.74) is -1.07. The Morgan fingerprint density at radius 2 is 2.11 bits per heavy atom. The second kappa shape index (κ2) is 8.83. The number of nitrogens with one attached hydrogen (secondary N) is 1. The topological polar surface area (TPSA) is 127 Å². The van der Waals surface area contributed by atoms with Crippen molar-refractivity contribution >= 4 is 11.9 Å². The SMILES string of the molecule is [2H][C@]1(n2cc(C(C)(C)O)nn2)C=C(C(=O)O)C[C@@H](OC(CC)CC)[C@@H]1NC(C)=O. The van der Waals surface area contributed by atoms with E-state index in [4.69, 9.17) is 6.11 Å². The van der Waals surface area contributed by atoms with E-state index in [1.54, 1.807) is 0 Å². The molecule has 3 atom stereocenters. The average Bonchev–Trinajstić information content (AvgIpc) is 3.13. The van der Waals surface area contributed by atoms with Crippen molar-refractivity contribution in [2.75, 3.05) is 0 Å². The second-order valence-corrected chi connectivity index (χ2v) is 7.50. The van der Waals surface area contributed by atoms with Gasteiger partial charge in [-0.3, -0.25) is 4.79 Å². The first kappa shape index (κ1) is 20.5. The van der Waals surface area contributed by atoms with Crippen molar-refractivity contribution in [2.45, 2.75) is 83.7 Å². The minimum atomic E-state index is -1.80. The molecule has 1 aromatic rings. The quantitative estimate of drug-likeness (QED) is 0.609. The van der Waals surface area contributed by atoms with Crippen LogP contribution in [0.4, 0.5) is 0 Å². The van der Waals surface area contributed by atoms with E-state index < -0.39 is 29.7 Å². The van der Waals surface area contributed by atoms with Gasteiger partial charge in [0.05, 0.1) is 31.8 Å². The van der Waals surface area contributed by atoms with Crippen LogP contribution in [0.1, 0.15) is 67.0 Å². The summed E-state index contributed by atoms with van der Waals surface area (Å²) >= 11 is 0. The van der Waals surface area contributed by atoms with Gasteiger partial charge in [-0.05, 0) is 32.8 Å². The molecule has 2 rings (SSSR count). The third-order valence-electron chi connectivity index (χ3n) is 4.73. The minimum Gasteiger partial charge on any atom is -0.478 e. The number of ether oxygens (including phenoxy) is 1. The molecule has 0 spiro atoms. The van der Waals surface area contributed by atoms with Crippen LogP contribution in [0.25, 0.3) is 0 Å². The molecule has 0 bridgehead atoms. The molecule has 1 aliphatic rings. The molecule has 1 aromatic heterocycles. The van der Waals surface area contributed by atoms with Crippen molar-refractivity contribution < 1.29 is 25.9 Å². The highest BCUT2D eigenvalue weighted by atomic mass is 16.5. The van der Waals surface area contributed by atoms with Gasteiger partial charge < -0.3 is 20.3 Å². The predicted octanol–water partition coefficient (Wildman–Crippen LogP) is 1.54. The van der Waals surface area contributed by atoms with Crippen LogP contribution in [0, 0.1) is 0 Å². The maximum Gasteiger partial charge on any atom is 0.331 e. The van der Waals surface area contributed by atoms with Gasteiger partial charge in [-0.15, -0.1) is 5.10 Å². The zero-order chi connectivity index (χ0) is 22.0. The molecule has 0 saturated heterocycles. The standard InChI is InChI=1S/C19H30N4O5/c1-6-13(7-2)28-15-9-12(18(25)26)8-14(17(15)20-11(3)24)23-10-16(21-22-23)19(4,5)27/h8,10,13-15,17,27H,6-7,9H2,1-5H3,(H,20,24)(H,25,26)/t14-,15+,17+/m0/s1/i14D. The Kier molecular flexibility index (Phi) is 6.46. The number of aliphatic carboxylic acids is 1. The Morgan fingerprint density at radius 1 is 1.46 bits per heavy atom. The van der Waals surface area contributed by atoms with E-state index in [0.29, 0.717) is 12.8 Å². The molecule has 9 nitrogen and oxygen atoms in total. The lowest BCUT2D eigenvalue weighted by Gasteiger charge is -2.38. The van der Waals surface area contributed by atoms with E-state index >= 15 is 0 Å². The van der Waals surface area contributed by atoms with Crippen LogP contribution >= 0.6 is 0 Å². The fourth-order valence-corrected chi connectivity index (χ4v) is 3.12. The Balaban J connectivity index is 2.58. The van der Waals surface area contributed by atoms with Crippen molar-refractivity contribution in [2.24, 2.45) is 0 Å². The number of hydrogen-bond acceptors (Lipinski definition) is 6. The molecule has 1 aliphatic carbocycles. The van der Waals surface area contributed by atoms with E-state index in [-0.39, 0.29) is 29.7 Å². The maximum atomic E-state index is 11.9. The summed E-state index contributed by atoms with van der Waals surface area (Å²) in [5.74, 6) is -1.54. The highest BCUT2D eigenvalue weighted by molar-refractivity contribution is 5.87. The van der Waals surface area contributed by atoms with Crippen LogP contribution in [-0.2, 0) is 19.9 Å². The van der Waals surface area contributed by atoms with Crippen molar-refractivity contribution in [3.8, 4) is 0 Å². The van der Waals surface area contributed by atoms with Crippen molar-refractivity contribution in [3.63, 3.8) is 0 Å². The van der Waals surface area contributed by atoms with Gasteiger partial charge in [0.25, 0.3) is 0 Å². The second-order valence-electron chi connectivity index (χ2n) is 7.50. The summed E-state index contributed by atoms with van der Waals surface area (Å²) in [6, 6.07) is -2.70. The number of amides is 1. The molecular weight excluding hydrogens is 364 g/mol. The first-order valence-corrected chi connectivity index (χ1v) is 9.45. The molecule has 0 radical (unpaired) electrons. The van der Waals surface area contributed by atoms with Gasteiger partial charge >= 0.3 is 5.97 Å². The molecule has 9 heteroatoms. The van der Waals surface area contributed by atoms with E-state index in [0.717, 1.165) is 4.68 Å². The van der Waals surface area contributed by atoms with Gasteiger partial charge in [0.2, 0.25) is 5.91 Å². The fraction of sp³-hybridized carbons (Fsp3) is 0.684. The van der Waals surface area contributed by atoms with E-state index in [9.17, 15) is 19.8 Å². The average molecular weight is 395 g/mol. The maximum absolute atomic E-state index is 11.9.